The Balaban J connectivity index is 1.42. The summed E-state index contributed by atoms with van der Waals surface area (Å²) in [5, 5.41) is 21.4. The molecule has 5 rings (SSSR count). The number of carbonyl (C=O) groups is 2. The molecule has 4 aromatic rings. The highest BCUT2D eigenvalue weighted by Crippen LogP contribution is 2.31. The fourth-order valence-corrected chi connectivity index (χ4v) is 7.16. The van der Waals surface area contributed by atoms with Crippen LogP contribution < -0.4 is 15.4 Å². The van der Waals surface area contributed by atoms with E-state index in [2.05, 4.69) is 15.8 Å². The van der Waals surface area contributed by atoms with E-state index >= 15 is 0 Å². The first-order valence-corrected chi connectivity index (χ1v) is 16.5. The molecule has 0 aliphatic carbocycles. The Labute approximate surface area is 268 Å². The highest BCUT2D eigenvalue weighted by Gasteiger charge is 2.35. The molecule has 1 aliphatic rings. The van der Waals surface area contributed by atoms with Gasteiger partial charge in [0.15, 0.2) is 5.76 Å². The highest BCUT2D eigenvalue weighted by atomic mass is 32.2. The maximum Gasteiger partial charge on any atom is 0.323 e. The van der Waals surface area contributed by atoms with Gasteiger partial charge in [-0.3, -0.25) is 4.79 Å². The molecule has 0 radical (unpaired) electrons. The van der Waals surface area contributed by atoms with Crippen LogP contribution in [0.25, 0.3) is 10.8 Å². The van der Waals surface area contributed by atoms with Crippen LogP contribution in [0.5, 0.6) is 5.75 Å². The van der Waals surface area contributed by atoms with Gasteiger partial charge in [-0.15, -0.1) is 0 Å². The first kappa shape index (κ1) is 32.9. The molecule has 0 saturated heterocycles. The second-order valence-corrected chi connectivity index (χ2v) is 13.7. The zero-order valence-electron chi connectivity index (χ0n) is 26.5. The number of hydrogen-bond donors (Lipinski definition) is 3. The monoisotopic (exact) mass is 649 g/mol. The lowest BCUT2D eigenvalue weighted by molar-refractivity contribution is -0.134. The number of amides is 3. The maximum absolute atomic E-state index is 13.6. The van der Waals surface area contributed by atoms with E-state index < -0.39 is 28.2 Å². The Hall–Kier alpha value is -4.46. The van der Waals surface area contributed by atoms with Crippen molar-refractivity contribution < 1.29 is 32.4 Å². The van der Waals surface area contributed by atoms with Crippen molar-refractivity contribution in [2.45, 2.75) is 51.2 Å². The standard InChI is InChI=1S/C33H39N5O7S/c1-20-17-38(21(2)19-39)31(40)16-25-15-26(34-33(41)35-28-12-8-10-24-9-6-7-11-27(24)28)13-14-29(25)44-30(20)18-37(5)46(42,43)32-22(3)36-45-23(32)4/h6-15,20-21,30,39H,16-19H2,1-5H3,(H2,34,35,41)/t20-,21-,30-/m0/s1. The van der Waals surface area contributed by atoms with Crippen molar-refractivity contribution in [2.75, 3.05) is 37.4 Å². The third-order valence-electron chi connectivity index (χ3n) is 8.29. The molecule has 2 heterocycles. The number of nitrogens with zero attached hydrogens (tertiary/aromatic N) is 3. The van der Waals surface area contributed by atoms with Gasteiger partial charge in [0.25, 0.3) is 0 Å². The zero-order valence-corrected chi connectivity index (χ0v) is 27.3. The van der Waals surface area contributed by atoms with Crippen LogP contribution in [0.4, 0.5) is 16.2 Å². The largest absolute Gasteiger partial charge is 0.488 e. The predicted octanol–water partition coefficient (Wildman–Crippen LogP) is 4.56. The zero-order chi connectivity index (χ0) is 33.2. The first-order chi connectivity index (χ1) is 21.9. The predicted molar refractivity (Wildman–Crippen MR) is 174 cm³/mol. The van der Waals surface area contributed by atoms with E-state index in [0.717, 1.165) is 10.8 Å². The molecule has 3 atom stereocenters. The number of nitrogens with one attached hydrogen (secondary N) is 2. The quantitative estimate of drug-likeness (QED) is 0.251. The van der Waals surface area contributed by atoms with Gasteiger partial charge < -0.3 is 29.9 Å². The van der Waals surface area contributed by atoms with E-state index in [0.29, 0.717) is 22.7 Å². The number of hydrogen-bond acceptors (Lipinski definition) is 8. The summed E-state index contributed by atoms with van der Waals surface area (Å²) in [6.07, 6.45) is -0.723. The summed E-state index contributed by atoms with van der Waals surface area (Å²) in [6.45, 7) is 6.71. The van der Waals surface area contributed by atoms with E-state index in [1.165, 1.54) is 11.4 Å². The fraction of sp³-hybridized carbons (Fsp3) is 0.364. The molecule has 3 aromatic carbocycles. The second-order valence-electron chi connectivity index (χ2n) is 11.8. The number of urea groups is 1. The molecule has 1 aromatic heterocycles. The summed E-state index contributed by atoms with van der Waals surface area (Å²) >= 11 is 0. The molecule has 0 saturated carbocycles. The number of carbonyl (C=O) groups excluding carboxylic acids is 2. The summed E-state index contributed by atoms with van der Waals surface area (Å²) in [4.78, 5) is 28.2. The van der Waals surface area contributed by atoms with E-state index in [1.54, 1.807) is 43.9 Å². The molecule has 13 heteroatoms. The van der Waals surface area contributed by atoms with Gasteiger partial charge in [-0.1, -0.05) is 48.5 Å². The number of aryl methyl sites for hydroxylation is 2. The summed E-state index contributed by atoms with van der Waals surface area (Å²) in [5.41, 5.74) is 1.86. The number of aliphatic hydroxyl groups is 1. The Bertz CT molecular complexity index is 1830. The van der Waals surface area contributed by atoms with Gasteiger partial charge in [-0.25, -0.2) is 13.2 Å². The lowest BCUT2D eigenvalue weighted by Gasteiger charge is -2.33. The number of ether oxygens (including phenoxy) is 1. The number of benzene rings is 3. The van der Waals surface area contributed by atoms with E-state index in [4.69, 9.17) is 9.26 Å². The van der Waals surface area contributed by atoms with Crippen LogP contribution in [0, 0.1) is 19.8 Å². The lowest BCUT2D eigenvalue weighted by atomic mass is 10.0. The Morgan fingerprint density at radius 1 is 1.13 bits per heavy atom. The molecule has 12 nitrogen and oxygen atoms in total. The molecular formula is C33H39N5O7S. The minimum Gasteiger partial charge on any atom is -0.488 e. The van der Waals surface area contributed by atoms with Gasteiger partial charge in [0.05, 0.1) is 31.3 Å². The smallest absolute Gasteiger partial charge is 0.323 e. The molecule has 3 amide bonds. The number of rotatable bonds is 8. The fourth-order valence-electron chi connectivity index (χ4n) is 5.69. The number of sulfonamides is 1. The number of aliphatic hydroxyl groups excluding tert-OH is 1. The molecule has 0 unspecified atom stereocenters. The van der Waals surface area contributed by atoms with Crippen molar-refractivity contribution in [3.63, 3.8) is 0 Å². The summed E-state index contributed by atoms with van der Waals surface area (Å²) in [6, 6.07) is 17.4. The van der Waals surface area contributed by atoms with Gasteiger partial charge in [0.1, 0.15) is 22.4 Å². The lowest BCUT2D eigenvalue weighted by Crippen LogP contribution is -2.48. The molecule has 0 fully saturated rings. The van der Waals surface area contributed by atoms with Crippen molar-refractivity contribution in [3.8, 4) is 5.75 Å². The average Bonchev–Trinajstić information content (AvgIpc) is 3.39. The van der Waals surface area contributed by atoms with Crippen LogP contribution in [-0.2, 0) is 21.2 Å². The molecule has 46 heavy (non-hydrogen) atoms. The van der Waals surface area contributed by atoms with Gasteiger partial charge in [-0.05, 0) is 50.4 Å². The minimum atomic E-state index is -3.97. The van der Waals surface area contributed by atoms with Crippen molar-refractivity contribution in [3.05, 3.63) is 77.7 Å². The highest BCUT2D eigenvalue weighted by molar-refractivity contribution is 7.89. The van der Waals surface area contributed by atoms with Crippen LogP contribution in [0.3, 0.4) is 0 Å². The van der Waals surface area contributed by atoms with Gasteiger partial charge in [-0.2, -0.15) is 4.31 Å². The normalized spacial score (nSPS) is 17.9. The number of likely N-dealkylation sites (N-methyl/N-ethyl adjacent to an activating group) is 1. The van der Waals surface area contributed by atoms with E-state index in [9.17, 15) is 23.1 Å². The summed E-state index contributed by atoms with van der Waals surface area (Å²) in [5.74, 6) is 0.0338. The van der Waals surface area contributed by atoms with Crippen LogP contribution in [0.15, 0.2) is 70.1 Å². The van der Waals surface area contributed by atoms with Gasteiger partial charge >= 0.3 is 6.03 Å². The summed E-state index contributed by atoms with van der Waals surface area (Å²) in [7, 11) is -2.51. The maximum atomic E-state index is 13.6. The van der Waals surface area contributed by atoms with Crippen LogP contribution >= 0.6 is 0 Å². The third kappa shape index (κ3) is 6.86. The van der Waals surface area contributed by atoms with Crippen molar-refractivity contribution in [1.82, 2.24) is 14.4 Å². The van der Waals surface area contributed by atoms with Crippen molar-refractivity contribution in [1.29, 1.82) is 0 Å². The molecule has 0 bridgehead atoms. The number of anilines is 2. The number of fused-ring (bicyclic) bond motifs is 2. The first-order valence-electron chi connectivity index (χ1n) is 15.0. The molecule has 1 aliphatic heterocycles. The van der Waals surface area contributed by atoms with E-state index in [1.807, 2.05) is 49.4 Å². The molecule has 3 N–H and O–H groups in total. The van der Waals surface area contributed by atoms with Crippen LogP contribution in [-0.4, -0.2) is 78.7 Å². The second kappa shape index (κ2) is 13.5. The van der Waals surface area contributed by atoms with Gasteiger partial charge in [0, 0.05) is 36.1 Å². The van der Waals surface area contributed by atoms with Gasteiger partial charge in [0.2, 0.25) is 15.9 Å². The average molecular weight is 650 g/mol. The third-order valence-corrected chi connectivity index (χ3v) is 10.4. The SMILES string of the molecule is Cc1noc(C)c1S(=O)(=O)N(C)C[C@@H]1Oc2ccc(NC(=O)Nc3cccc4ccccc34)cc2CC(=O)N([C@@H](C)CO)C[C@@H]1C. The van der Waals surface area contributed by atoms with Crippen LogP contribution in [0.2, 0.25) is 0 Å². The molecule has 244 valence electrons. The Morgan fingerprint density at radius 2 is 1.87 bits per heavy atom. The summed E-state index contributed by atoms with van der Waals surface area (Å²) < 4.78 is 39.8. The molecule has 0 spiro atoms. The number of aromatic nitrogens is 1. The molecular weight excluding hydrogens is 610 g/mol. The Morgan fingerprint density at radius 3 is 2.59 bits per heavy atom. The minimum absolute atomic E-state index is 0.00863. The van der Waals surface area contributed by atoms with Crippen LogP contribution in [0.1, 0.15) is 30.9 Å². The van der Waals surface area contributed by atoms with E-state index in [-0.39, 0.29) is 54.3 Å². The van der Waals surface area contributed by atoms with Crippen molar-refractivity contribution >= 4 is 44.1 Å². The topological polar surface area (TPSA) is 154 Å². The van der Waals surface area contributed by atoms with Crippen molar-refractivity contribution in [2.24, 2.45) is 5.92 Å². The Kier molecular flexibility index (Phi) is 9.66.